The minimum absolute atomic E-state index is 0.495. The van der Waals surface area contributed by atoms with Gasteiger partial charge in [-0.25, -0.2) is 0 Å². The molecular formula is C14H17NOS. The van der Waals surface area contributed by atoms with Gasteiger partial charge >= 0.3 is 0 Å². The number of fused-ring (bicyclic) bond motifs is 1. The fourth-order valence-electron chi connectivity index (χ4n) is 2.65. The third-order valence-corrected chi connectivity index (χ3v) is 4.48. The normalized spacial score (nSPS) is 20.8. The molecule has 0 saturated carbocycles. The molecule has 0 amide bonds. The van der Waals surface area contributed by atoms with Crippen LogP contribution in [0.5, 0.6) is 5.75 Å². The third-order valence-electron chi connectivity index (χ3n) is 3.60. The molecule has 2 heterocycles. The number of hydrogen-bond donors (Lipinski definition) is 2. The summed E-state index contributed by atoms with van der Waals surface area (Å²) in [5.41, 5.74) is 1.10. The molecule has 0 bridgehead atoms. The van der Waals surface area contributed by atoms with Crippen LogP contribution in [0, 0.1) is 5.92 Å². The number of phenolic OH excluding ortho intramolecular Hbond substituents is 1. The van der Waals surface area contributed by atoms with E-state index in [1.165, 1.54) is 17.5 Å². The van der Waals surface area contributed by atoms with E-state index in [4.69, 9.17) is 0 Å². The maximum Gasteiger partial charge on any atom is 0.127 e. The second-order valence-electron chi connectivity index (χ2n) is 4.82. The van der Waals surface area contributed by atoms with Gasteiger partial charge in [0, 0.05) is 10.1 Å². The van der Waals surface area contributed by atoms with E-state index in [1.54, 1.807) is 11.3 Å². The van der Waals surface area contributed by atoms with Crippen molar-refractivity contribution in [3.63, 3.8) is 0 Å². The fraction of sp³-hybridized carbons (Fsp3) is 0.429. The molecule has 90 valence electrons. The Morgan fingerprint density at radius 1 is 1.35 bits per heavy atom. The maximum absolute atomic E-state index is 10.3. The average Bonchev–Trinajstić information content (AvgIpc) is 2.83. The Hall–Kier alpha value is -1.06. The van der Waals surface area contributed by atoms with Crippen molar-refractivity contribution in [2.75, 3.05) is 13.1 Å². The molecule has 0 radical (unpaired) electrons. The standard InChI is InChI=1S/C14H17NOS/c16-14-11(8-10-2-1-6-15-9-10)3-4-13-12(14)5-7-17-13/h3-5,7,10,15-16H,1-2,6,8-9H2. The molecule has 2 nitrogen and oxygen atoms in total. The number of thiophene rings is 1. The molecule has 1 aliphatic heterocycles. The van der Waals surface area contributed by atoms with Crippen LogP contribution in [0.1, 0.15) is 18.4 Å². The molecule has 3 rings (SSSR count). The first-order chi connectivity index (χ1) is 8.34. The van der Waals surface area contributed by atoms with Crippen LogP contribution in [0.15, 0.2) is 23.6 Å². The molecular weight excluding hydrogens is 230 g/mol. The van der Waals surface area contributed by atoms with Crippen molar-refractivity contribution in [2.45, 2.75) is 19.3 Å². The summed E-state index contributed by atoms with van der Waals surface area (Å²) in [6.07, 6.45) is 3.52. The highest BCUT2D eigenvalue weighted by Gasteiger charge is 2.16. The Labute approximate surface area is 105 Å². The van der Waals surface area contributed by atoms with Crippen LogP contribution in [0.25, 0.3) is 10.1 Å². The Morgan fingerprint density at radius 2 is 2.29 bits per heavy atom. The van der Waals surface area contributed by atoms with E-state index in [9.17, 15) is 5.11 Å². The van der Waals surface area contributed by atoms with Gasteiger partial charge in [0.1, 0.15) is 5.75 Å². The first-order valence-electron chi connectivity index (χ1n) is 6.23. The molecule has 0 spiro atoms. The van der Waals surface area contributed by atoms with Gasteiger partial charge in [-0.15, -0.1) is 11.3 Å². The molecule has 17 heavy (non-hydrogen) atoms. The van der Waals surface area contributed by atoms with E-state index in [0.29, 0.717) is 11.7 Å². The fourth-order valence-corrected chi connectivity index (χ4v) is 3.44. The number of hydrogen-bond acceptors (Lipinski definition) is 3. The van der Waals surface area contributed by atoms with Crippen LogP contribution in [0.3, 0.4) is 0 Å². The van der Waals surface area contributed by atoms with Gasteiger partial charge in [-0.2, -0.15) is 0 Å². The largest absolute Gasteiger partial charge is 0.507 e. The predicted molar refractivity (Wildman–Crippen MR) is 72.8 cm³/mol. The molecule has 1 unspecified atom stereocenters. The first kappa shape index (κ1) is 11.1. The number of rotatable bonds is 2. The molecule has 1 atom stereocenters. The first-order valence-corrected chi connectivity index (χ1v) is 7.11. The van der Waals surface area contributed by atoms with Gasteiger partial charge in [-0.1, -0.05) is 6.07 Å². The summed E-state index contributed by atoms with van der Waals surface area (Å²) in [6.45, 7) is 2.23. The van der Waals surface area contributed by atoms with Crippen molar-refractivity contribution in [3.05, 3.63) is 29.1 Å². The van der Waals surface area contributed by atoms with Crippen LogP contribution in [-0.2, 0) is 6.42 Å². The molecule has 3 heteroatoms. The van der Waals surface area contributed by atoms with Gasteiger partial charge in [0.15, 0.2) is 0 Å². The maximum atomic E-state index is 10.3. The van der Waals surface area contributed by atoms with Crippen LogP contribution >= 0.6 is 11.3 Å². The summed E-state index contributed by atoms with van der Waals surface area (Å²) in [5.74, 6) is 1.17. The van der Waals surface area contributed by atoms with Gasteiger partial charge in [-0.3, -0.25) is 0 Å². The van der Waals surface area contributed by atoms with Crippen molar-refractivity contribution < 1.29 is 5.11 Å². The van der Waals surface area contributed by atoms with E-state index in [1.807, 2.05) is 11.4 Å². The molecule has 1 aliphatic rings. The summed E-state index contributed by atoms with van der Waals surface area (Å²) >= 11 is 1.68. The van der Waals surface area contributed by atoms with Gasteiger partial charge < -0.3 is 10.4 Å². The minimum atomic E-state index is 0.495. The van der Waals surface area contributed by atoms with E-state index < -0.39 is 0 Å². The van der Waals surface area contributed by atoms with Crippen molar-refractivity contribution >= 4 is 21.4 Å². The SMILES string of the molecule is Oc1c(CC2CCCNC2)ccc2sccc12. The smallest absolute Gasteiger partial charge is 0.127 e. The van der Waals surface area contributed by atoms with Crippen LogP contribution in [0.4, 0.5) is 0 Å². The summed E-state index contributed by atoms with van der Waals surface area (Å²) in [6, 6.07) is 6.23. The van der Waals surface area contributed by atoms with E-state index in [0.717, 1.165) is 30.5 Å². The van der Waals surface area contributed by atoms with E-state index >= 15 is 0 Å². The van der Waals surface area contributed by atoms with Crippen LogP contribution < -0.4 is 5.32 Å². The quantitative estimate of drug-likeness (QED) is 0.854. The number of nitrogens with one attached hydrogen (secondary N) is 1. The Balaban J connectivity index is 1.86. The van der Waals surface area contributed by atoms with Crippen LogP contribution in [0.2, 0.25) is 0 Å². The molecule has 2 aromatic rings. The second kappa shape index (κ2) is 4.67. The predicted octanol–water partition coefficient (Wildman–Crippen LogP) is 3.15. The molecule has 0 aliphatic carbocycles. The van der Waals surface area contributed by atoms with Gasteiger partial charge in [-0.05, 0) is 61.3 Å². The van der Waals surface area contributed by atoms with E-state index in [-0.39, 0.29) is 0 Å². The summed E-state index contributed by atoms with van der Waals surface area (Å²) in [7, 11) is 0. The number of piperidine rings is 1. The van der Waals surface area contributed by atoms with Crippen molar-refractivity contribution in [1.82, 2.24) is 5.32 Å². The van der Waals surface area contributed by atoms with Gasteiger partial charge in [0.25, 0.3) is 0 Å². The average molecular weight is 247 g/mol. The van der Waals surface area contributed by atoms with Gasteiger partial charge in [0.05, 0.1) is 0 Å². The number of aromatic hydroxyl groups is 1. The summed E-state index contributed by atoms with van der Waals surface area (Å²) < 4.78 is 1.17. The van der Waals surface area contributed by atoms with E-state index in [2.05, 4.69) is 17.4 Å². The monoisotopic (exact) mass is 247 g/mol. The molecule has 2 N–H and O–H groups in total. The lowest BCUT2D eigenvalue weighted by Crippen LogP contribution is -2.30. The highest BCUT2D eigenvalue weighted by Crippen LogP contribution is 2.33. The highest BCUT2D eigenvalue weighted by atomic mass is 32.1. The van der Waals surface area contributed by atoms with Crippen molar-refractivity contribution in [2.24, 2.45) is 5.92 Å². The lowest BCUT2D eigenvalue weighted by Gasteiger charge is -2.23. The van der Waals surface area contributed by atoms with Crippen molar-refractivity contribution in [1.29, 1.82) is 0 Å². The minimum Gasteiger partial charge on any atom is -0.507 e. The number of phenols is 1. The Kier molecular flexibility index (Phi) is 3.04. The zero-order valence-electron chi connectivity index (χ0n) is 9.78. The molecule has 1 aromatic heterocycles. The zero-order chi connectivity index (χ0) is 11.7. The topological polar surface area (TPSA) is 32.3 Å². The lowest BCUT2D eigenvalue weighted by molar-refractivity contribution is 0.370. The lowest BCUT2D eigenvalue weighted by atomic mass is 9.91. The molecule has 1 saturated heterocycles. The zero-order valence-corrected chi connectivity index (χ0v) is 10.6. The van der Waals surface area contributed by atoms with Crippen LogP contribution in [-0.4, -0.2) is 18.2 Å². The molecule has 1 fully saturated rings. The Bertz CT molecular complexity index is 514. The molecule has 1 aromatic carbocycles. The second-order valence-corrected chi connectivity index (χ2v) is 5.77. The number of benzene rings is 1. The Morgan fingerprint density at radius 3 is 3.12 bits per heavy atom. The summed E-state index contributed by atoms with van der Waals surface area (Å²) in [5, 5.41) is 16.7. The van der Waals surface area contributed by atoms with Gasteiger partial charge in [0.2, 0.25) is 0 Å². The summed E-state index contributed by atoms with van der Waals surface area (Å²) in [4.78, 5) is 0. The third kappa shape index (κ3) is 2.17. The van der Waals surface area contributed by atoms with Crippen molar-refractivity contribution in [3.8, 4) is 5.75 Å². The highest BCUT2D eigenvalue weighted by molar-refractivity contribution is 7.17.